The van der Waals surface area contributed by atoms with E-state index in [-0.39, 0.29) is 18.4 Å². The number of fused-ring (bicyclic) bond motifs is 3. The van der Waals surface area contributed by atoms with Crippen LogP contribution in [0, 0.1) is 13.8 Å². The van der Waals surface area contributed by atoms with Gasteiger partial charge in [-0.15, -0.1) is 0 Å². The highest BCUT2D eigenvalue weighted by molar-refractivity contribution is 6.16. The molecule has 0 aliphatic carbocycles. The summed E-state index contributed by atoms with van der Waals surface area (Å²) in [4.78, 5) is 15.6. The van der Waals surface area contributed by atoms with Crippen LogP contribution in [0.2, 0.25) is 0 Å². The molecular weight excluding hydrogens is 426 g/mol. The van der Waals surface area contributed by atoms with E-state index < -0.39 is 5.97 Å². The van der Waals surface area contributed by atoms with Gasteiger partial charge in [0.1, 0.15) is 22.7 Å². The second-order valence-electron chi connectivity index (χ2n) is 9.18. The van der Waals surface area contributed by atoms with Crippen LogP contribution >= 0.6 is 0 Å². The van der Waals surface area contributed by atoms with E-state index in [1.807, 2.05) is 24.3 Å². The number of ether oxygens (including phenoxy) is 1. The lowest BCUT2D eigenvalue weighted by molar-refractivity contribution is 0.0526. The normalized spacial score (nSPS) is 15.6. The Labute approximate surface area is 199 Å². The number of esters is 1. The van der Waals surface area contributed by atoms with Gasteiger partial charge in [-0.2, -0.15) is 0 Å². The molecule has 1 aliphatic rings. The number of carbonyl (C=O) groups is 1. The van der Waals surface area contributed by atoms with Gasteiger partial charge in [0.15, 0.2) is 0 Å². The molecule has 34 heavy (non-hydrogen) atoms. The monoisotopic (exact) mass is 457 g/mol. The third-order valence-corrected chi connectivity index (χ3v) is 6.94. The number of phenolic OH excluding ortho intramolecular Hbond substituents is 1. The van der Waals surface area contributed by atoms with Gasteiger partial charge >= 0.3 is 5.97 Å². The van der Waals surface area contributed by atoms with E-state index in [4.69, 9.17) is 9.15 Å². The predicted molar refractivity (Wildman–Crippen MR) is 135 cm³/mol. The van der Waals surface area contributed by atoms with E-state index in [1.165, 1.54) is 12.0 Å². The first-order chi connectivity index (χ1) is 16.5. The zero-order chi connectivity index (χ0) is 23.8. The SMILES string of the molecule is CCOC(=O)c1c(C)oc2c1c(C(c1ccc(C)cc1)N1CCCCC1)c(O)c1ccccc12. The zero-order valence-corrected chi connectivity index (χ0v) is 20.1. The van der Waals surface area contributed by atoms with E-state index in [2.05, 4.69) is 36.1 Å². The van der Waals surface area contributed by atoms with Gasteiger partial charge in [-0.3, -0.25) is 4.90 Å². The molecule has 0 saturated carbocycles. The molecule has 1 aromatic heterocycles. The summed E-state index contributed by atoms with van der Waals surface area (Å²) in [5, 5.41) is 14.0. The number of piperidine rings is 1. The Morgan fingerprint density at radius 3 is 2.38 bits per heavy atom. The lowest BCUT2D eigenvalue weighted by Gasteiger charge is -2.36. The van der Waals surface area contributed by atoms with E-state index in [1.54, 1.807) is 13.8 Å². The minimum atomic E-state index is -0.420. The van der Waals surface area contributed by atoms with Gasteiger partial charge in [-0.05, 0) is 52.3 Å². The highest BCUT2D eigenvalue weighted by Crippen LogP contribution is 2.47. The van der Waals surface area contributed by atoms with Crippen molar-refractivity contribution in [1.29, 1.82) is 0 Å². The van der Waals surface area contributed by atoms with Gasteiger partial charge in [0, 0.05) is 21.7 Å². The first kappa shape index (κ1) is 22.5. The molecule has 1 saturated heterocycles. The molecule has 1 fully saturated rings. The lowest BCUT2D eigenvalue weighted by Crippen LogP contribution is -2.34. The minimum Gasteiger partial charge on any atom is -0.507 e. The number of hydrogen-bond donors (Lipinski definition) is 1. The molecule has 0 amide bonds. The van der Waals surface area contributed by atoms with Crippen molar-refractivity contribution in [3.63, 3.8) is 0 Å². The van der Waals surface area contributed by atoms with E-state index in [9.17, 15) is 9.90 Å². The molecule has 5 nitrogen and oxygen atoms in total. The van der Waals surface area contributed by atoms with E-state index >= 15 is 0 Å². The first-order valence-electron chi connectivity index (χ1n) is 12.2. The molecule has 1 atom stereocenters. The van der Waals surface area contributed by atoms with Crippen molar-refractivity contribution in [3.05, 3.63) is 76.5 Å². The minimum absolute atomic E-state index is 0.200. The molecule has 4 aromatic rings. The van der Waals surface area contributed by atoms with Crippen LogP contribution in [0.1, 0.15) is 65.0 Å². The molecule has 0 spiro atoms. The van der Waals surface area contributed by atoms with Crippen LogP contribution in [0.3, 0.4) is 0 Å². The summed E-state index contributed by atoms with van der Waals surface area (Å²) >= 11 is 0. The largest absolute Gasteiger partial charge is 0.507 e. The number of likely N-dealkylation sites (tertiary alicyclic amines) is 1. The van der Waals surface area contributed by atoms with Crippen LogP contribution in [0.4, 0.5) is 0 Å². The van der Waals surface area contributed by atoms with Gasteiger partial charge < -0.3 is 14.3 Å². The van der Waals surface area contributed by atoms with Crippen LogP contribution in [-0.4, -0.2) is 35.7 Å². The first-order valence-corrected chi connectivity index (χ1v) is 12.2. The standard InChI is InChI=1S/C29H31NO4/c1-4-33-29(32)23-19(3)34-28-22-11-7-6-10-21(22)27(31)25(24(23)28)26(30-16-8-5-9-17-30)20-14-12-18(2)13-15-20/h6-7,10-15,26,31H,4-5,8-9,16-17H2,1-3H3. The Morgan fingerprint density at radius 1 is 1.03 bits per heavy atom. The summed E-state index contributed by atoms with van der Waals surface area (Å²) in [5.41, 5.74) is 4.02. The van der Waals surface area contributed by atoms with Gasteiger partial charge in [0.05, 0.1) is 12.6 Å². The number of hydrogen-bond acceptors (Lipinski definition) is 5. The highest BCUT2D eigenvalue weighted by atomic mass is 16.5. The summed E-state index contributed by atoms with van der Waals surface area (Å²) in [7, 11) is 0. The van der Waals surface area contributed by atoms with Crippen molar-refractivity contribution >= 4 is 27.7 Å². The van der Waals surface area contributed by atoms with Gasteiger partial charge in [0.25, 0.3) is 0 Å². The second-order valence-corrected chi connectivity index (χ2v) is 9.18. The number of nitrogens with zero attached hydrogens (tertiary/aromatic N) is 1. The fraction of sp³-hybridized carbons (Fsp3) is 0.345. The summed E-state index contributed by atoms with van der Waals surface area (Å²) in [6.45, 7) is 7.79. The summed E-state index contributed by atoms with van der Waals surface area (Å²) in [6.07, 6.45) is 3.42. The fourth-order valence-corrected chi connectivity index (χ4v) is 5.34. The molecule has 5 heteroatoms. The molecule has 0 radical (unpaired) electrons. The Hall–Kier alpha value is -3.31. The van der Waals surface area contributed by atoms with Crippen LogP contribution in [0.5, 0.6) is 5.75 Å². The maximum atomic E-state index is 13.1. The van der Waals surface area contributed by atoms with E-state index in [0.29, 0.717) is 22.3 Å². The molecule has 1 N–H and O–H groups in total. The summed E-state index contributed by atoms with van der Waals surface area (Å²) in [5.74, 6) is 0.285. The van der Waals surface area contributed by atoms with Gasteiger partial charge in [-0.25, -0.2) is 4.79 Å². The van der Waals surface area contributed by atoms with Crippen molar-refractivity contribution in [3.8, 4) is 5.75 Å². The summed E-state index contributed by atoms with van der Waals surface area (Å²) < 4.78 is 11.7. The number of rotatable bonds is 5. The molecule has 0 bridgehead atoms. The third kappa shape index (κ3) is 3.74. The van der Waals surface area contributed by atoms with Crippen LogP contribution in [0.15, 0.2) is 52.9 Å². The smallest absolute Gasteiger partial charge is 0.342 e. The number of phenols is 1. The summed E-state index contributed by atoms with van der Waals surface area (Å²) in [6, 6.07) is 15.9. The molecule has 176 valence electrons. The number of carbonyl (C=O) groups excluding carboxylic acids is 1. The van der Waals surface area contributed by atoms with Crippen molar-refractivity contribution < 1.29 is 19.1 Å². The van der Waals surface area contributed by atoms with Gasteiger partial charge in [0.2, 0.25) is 0 Å². The van der Waals surface area contributed by atoms with Crippen molar-refractivity contribution in [1.82, 2.24) is 4.90 Å². The predicted octanol–water partition coefficient (Wildman–Crippen LogP) is 6.66. The Kier molecular flexibility index (Phi) is 6.05. The Bertz CT molecular complexity index is 1350. The third-order valence-electron chi connectivity index (χ3n) is 6.94. The molecule has 1 unspecified atom stereocenters. The zero-order valence-electron chi connectivity index (χ0n) is 20.1. The highest BCUT2D eigenvalue weighted by Gasteiger charge is 2.34. The van der Waals surface area contributed by atoms with Crippen LogP contribution in [-0.2, 0) is 4.74 Å². The average Bonchev–Trinajstić information content (AvgIpc) is 3.20. The van der Waals surface area contributed by atoms with Crippen molar-refractivity contribution in [2.24, 2.45) is 0 Å². The molecular formula is C29H31NO4. The average molecular weight is 458 g/mol. The molecule has 1 aliphatic heterocycles. The quantitative estimate of drug-likeness (QED) is 0.340. The topological polar surface area (TPSA) is 62.9 Å². The second kappa shape index (κ2) is 9.15. The fourth-order valence-electron chi connectivity index (χ4n) is 5.34. The van der Waals surface area contributed by atoms with Gasteiger partial charge in [-0.1, -0.05) is 60.5 Å². The maximum Gasteiger partial charge on any atom is 0.342 e. The Morgan fingerprint density at radius 2 is 1.71 bits per heavy atom. The van der Waals surface area contributed by atoms with Crippen LogP contribution < -0.4 is 0 Å². The lowest BCUT2D eigenvalue weighted by atomic mass is 9.88. The van der Waals surface area contributed by atoms with E-state index in [0.717, 1.165) is 47.8 Å². The Balaban J connectivity index is 1.89. The molecule has 2 heterocycles. The van der Waals surface area contributed by atoms with Crippen molar-refractivity contribution in [2.75, 3.05) is 19.7 Å². The number of benzene rings is 3. The maximum absolute atomic E-state index is 13.1. The van der Waals surface area contributed by atoms with Crippen molar-refractivity contribution in [2.45, 2.75) is 46.1 Å². The number of furan rings is 1. The number of aryl methyl sites for hydroxylation is 2. The van der Waals surface area contributed by atoms with Crippen LogP contribution in [0.25, 0.3) is 21.7 Å². The number of aromatic hydroxyl groups is 1. The molecule has 5 rings (SSSR count). The molecule has 3 aromatic carbocycles.